The number of carbonyl (C=O) groups excluding carboxylic acids is 1. The summed E-state index contributed by atoms with van der Waals surface area (Å²) in [5, 5.41) is 14.9. The Bertz CT molecular complexity index is 532. The molecule has 21 heavy (non-hydrogen) atoms. The number of ether oxygens (including phenoxy) is 1. The number of anilines is 1. The van der Waals surface area contributed by atoms with E-state index in [1.807, 2.05) is 13.8 Å². The van der Waals surface area contributed by atoms with Gasteiger partial charge in [0, 0.05) is 25.1 Å². The summed E-state index contributed by atoms with van der Waals surface area (Å²) in [7, 11) is 1.35. The normalized spacial score (nSPS) is 10.5. The first kappa shape index (κ1) is 17.3. The van der Waals surface area contributed by atoms with E-state index >= 15 is 0 Å². The standard InChI is InChI=1S/C14H19ClN2O4/c1-8(2)16-5-4-13(18)17-11-7-12(21-3)9(14(19)20)6-10(11)15/h6-8,16H,4-5H2,1-3H3,(H,17,18)(H,19,20). The van der Waals surface area contributed by atoms with Crippen LogP contribution in [0, 0.1) is 0 Å². The lowest BCUT2D eigenvalue weighted by Crippen LogP contribution is -2.27. The molecule has 0 aliphatic carbocycles. The second kappa shape index (κ2) is 7.85. The molecule has 0 saturated carbocycles. The van der Waals surface area contributed by atoms with E-state index < -0.39 is 5.97 Å². The molecule has 6 nitrogen and oxygen atoms in total. The number of halogens is 1. The summed E-state index contributed by atoms with van der Waals surface area (Å²) >= 11 is 5.98. The van der Waals surface area contributed by atoms with Crippen molar-refractivity contribution in [1.82, 2.24) is 5.32 Å². The summed E-state index contributed by atoms with van der Waals surface area (Å²) in [5.74, 6) is -1.22. The van der Waals surface area contributed by atoms with Gasteiger partial charge in [0.05, 0.1) is 17.8 Å². The number of carbonyl (C=O) groups is 2. The Kier molecular flexibility index (Phi) is 6.45. The van der Waals surface area contributed by atoms with Crippen LogP contribution < -0.4 is 15.4 Å². The Hall–Kier alpha value is -1.79. The Morgan fingerprint density at radius 2 is 2.05 bits per heavy atom. The third kappa shape index (κ3) is 5.24. The first-order chi connectivity index (χ1) is 9.85. The van der Waals surface area contributed by atoms with Crippen LogP contribution in [0.3, 0.4) is 0 Å². The van der Waals surface area contributed by atoms with Crippen molar-refractivity contribution in [3.8, 4) is 5.75 Å². The van der Waals surface area contributed by atoms with Crippen molar-refractivity contribution in [2.45, 2.75) is 26.3 Å². The molecule has 1 aromatic carbocycles. The maximum absolute atomic E-state index is 11.8. The van der Waals surface area contributed by atoms with E-state index in [2.05, 4.69) is 10.6 Å². The van der Waals surface area contributed by atoms with Crippen LogP contribution in [0.2, 0.25) is 5.02 Å². The molecule has 0 spiro atoms. The molecule has 0 radical (unpaired) electrons. The van der Waals surface area contributed by atoms with Gasteiger partial charge in [0.15, 0.2) is 0 Å². The molecule has 0 aromatic heterocycles. The molecule has 0 bridgehead atoms. The second-order valence-corrected chi connectivity index (χ2v) is 5.15. The number of aromatic carboxylic acids is 1. The lowest BCUT2D eigenvalue weighted by molar-refractivity contribution is -0.116. The number of amides is 1. The molecule has 7 heteroatoms. The van der Waals surface area contributed by atoms with Gasteiger partial charge in [-0.1, -0.05) is 25.4 Å². The number of carboxylic acids is 1. The van der Waals surface area contributed by atoms with Crippen LogP contribution in [-0.4, -0.2) is 36.7 Å². The largest absolute Gasteiger partial charge is 0.496 e. The highest BCUT2D eigenvalue weighted by molar-refractivity contribution is 6.34. The van der Waals surface area contributed by atoms with Crippen molar-refractivity contribution < 1.29 is 19.4 Å². The summed E-state index contributed by atoms with van der Waals surface area (Å²) in [5.41, 5.74) is 0.273. The number of methoxy groups -OCH3 is 1. The van der Waals surface area contributed by atoms with Gasteiger partial charge in [0.1, 0.15) is 11.3 Å². The molecule has 0 heterocycles. The van der Waals surface area contributed by atoms with Gasteiger partial charge in [-0.15, -0.1) is 0 Å². The number of benzene rings is 1. The molecular formula is C14H19ClN2O4. The molecular weight excluding hydrogens is 296 g/mol. The molecule has 0 unspecified atom stereocenters. The van der Waals surface area contributed by atoms with Crippen LogP contribution in [-0.2, 0) is 4.79 Å². The third-order valence-electron chi connectivity index (χ3n) is 2.70. The van der Waals surface area contributed by atoms with Crippen LogP contribution in [0.25, 0.3) is 0 Å². The molecule has 0 aliphatic rings. The smallest absolute Gasteiger partial charge is 0.339 e. The highest BCUT2D eigenvalue weighted by atomic mass is 35.5. The fourth-order valence-corrected chi connectivity index (χ4v) is 1.88. The number of hydrogen-bond acceptors (Lipinski definition) is 4. The van der Waals surface area contributed by atoms with Gasteiger partial charge >= 0.3 is 5.97 Å². The predicted octanol–water partition coefficient (Wildman–Crippen LogP) is 2.37. The fourth-order valence-electron chi connectivity index (χ4n) is 1.67. The SMILES string of the molecule is COc1cc(NC(=O)CCNC(C)C)c(Cl)cc1C(=O)O. The lowest BCUT2D eigenvalue weighted by Gasteiger charge is -2.12. The fraction of sp³-hybridized carbons (Fsp3) is 0.429. The van der Waals surface area contributed by atoms with Crippen LogP contribution in [0.5, 0.6) is 5.75 Å². The van der Waals surface area contributed by atoms with Crippen molar-refractivity contribution in [2.24, 2.45) is 0 Å². The zero-order valence-corrected chi connectivity index (χ0v) is 13.0. The minimum absolute atomic E-state index is 0.0537. The van der Waals surface area contributed by atoms with E-state index in [1.54, 1.807) is 0 Å². The Morgan fingerprint density at radius 3 is 2.57 bits per heavy atom. The highest BCUT2D eigenvalue weighted by Gasteiger charge is 2.16. The van der Waals surface area contributed by atoms with Gasteiger partial charge in [-0.2, -0.15) is 0 Å². The predicted molar refractivity (Wildman–Crippen MR) is 81.3 cm³/mol. The summed E-state index contributed by atoms with van der Waals surface area (Å²) < 4.78 is 4.99. The van der Waals surface area contributed by atoms with Gasteiger partial charge in [0.2, 0.25) is 5.91 Å². The highest BCUT2D eigenvalue weighted by Crippen LogP contribution is 2.31. The molecule has 0 fully saturated rings. The summed E-state index contributed by atoms with van der Waals surface area (Å²) in [4.78, 5) is 22.8. The maximum Gasteiger partial charge on any atom is 0.339 e. The molecule has 0 saturated heterocycles. The quantitative estimate of drug-likeness (QED) is 0.719. The van der Waals surface area contributed by atoms with Crippen molar-refractivity contribution in [3.63, 3.8) is 0 Å². The van der Waals surface area contributed by atoms with Gasteiger partial charge < -0.3 is 20.5 Å². The zero-order chi connectivity index (χ0) is 16.0. The molecule has 3 N–H and O–H groups in total. The van der Waals surface area contributed by atoms with E-state index in [9.17, 15) is 9.59 Å². The second-order valence-electron chi connectivity index (χ2n) is 4.74. The first-order valence-corrected chi connectivity index (χ1v) is 6.87. The monoisotopic (exact) mass is 314 g/mol. The van der Waals surface area contributed by atoms with Crippen molar-refractivity contribution >= 4 is 29.2 Å². The van der Waals surface area contributed by atoms with Crippen molar-refractivity contribution in [2.75, 3.05) is 19.0 Å². The molecule has 0 aliphatic heterocycles. The van der Waals surface area contributed by atoms with Gasteiger partial charge in [-0.05, 0) is 6.07 Å². The van der Waals surface area contributed by atoms with E-state index in [1.165, 1.54) is 19.2 Å². The van der Waals surface area contributed by atoms with Crippen LogP contribution >= 0.6 is 11.6 Å². The Morgan fingerprint density at radius 1 is 1.38 bits per heavy atom. The molecule has 1 rings (SSSR count). The Balaban J connectivity index is 2.79. The maximum atomic E-state index is 11.8. The number of nitrogens with one attached hydrogen (secondary N) is 2. The number of rotatable bonds is 7. The summed E-state index contributed by atoms with van der Waals surface area (Å²) in [6, 6.07) is 2.96. The first-order valence-electron chi connectivity index (χ1n) is 6.49. The average molecular weight is 315 g/mol. The van der Waals surface area contributed by atoms with Crippen molar-refractivity contribution in [3.05, 3.63) is 22.7 Å². The van der Waals surface area contributed by atoms with Crippen LogP contribution in [0.1, 0.15) is 30.6 Å². The minimum Gasteiger partial charge on any atom is -0.496 e. The topological polar surface area (TPSA) is 87.7 Å². The number of carboxylic acid groups (broad SMARTS) is 1. The third-order valence-corrected chi connectivity index (χ3v) is 3.01. The average Bonchev–Trinajstić information content (AvgIpc) is 2.39. The van der Waals surface area contributed by atoms with E-state index in [-0.39, 0.29) is 28.7 Å². The summed E-state index contributed by atoms with van der Waals surface area (Å²) in [6.45, 7) is 4.53. The van der Waals surface area contributed by atoms with Crippen molar-refractivity contribution in [1.29, 1.82) is 0 Å². The molecule has 116 valence electrons. The van der Waals surface area contributed by atoms with Crippen LogP contribution in [0.15, 0.2) is 12.1 Å². The Labute approximate surface area is 128 Å². The lowest BCUT2D eigenvalue weighted by atomic mass is 10.1. The van der Waals surface area contributed by atoms with Gasteiger partial charge in [-0.25, -0.2) is 4.79 Å². The molecule has 0 atom stereocenters. The van der Waals surface area contributed by atoms with E-state index in [0.29, 0.717) is 18.3 Å². The van der Waals surface area contributed by atoms with E-state index in [4.69, 9.17) is 21.4 Å². The number of hydrogen-bond donors (Lipinski definition) is 3. The summed E-state index contributed by atoms with van der Waals surface area (Å²) in [6.07, 6.45) is 0.289. The van der Waals surface area contributed by atoms with Gasteiger partial charge in [-0.3, -0.25) is 4.79 Å². The molecule has 1 amide bonds. The van der Waals surface area contributed by atoms with Gasteiger partial charge in [0.25, 0.3) is 0 Å². The minimum atomic E-state index is -1.15. The van der Waals surface area contributed by atoms with E-state index in [0.717, 1.165) is 0 Å². The zero-order valence-electron chi connectivity index (χ0n) is 12.2. The molecule has 1 aromatic rings. The van der Waals surface area contributed by atoms with Crippen LogP contribution in [0.4, 0.5) is 5.69 Å².